The van der Waals surface area contributed by atoms with Gasteiger partial charge in [0, 0.05) is 5.56 Å². The smallest absolute Gasteiger partial charge is 0.271 e. The number of phenols is 1. The molecule has 1 amide bonds. The Balaban J connectivity index is 2.06. The molecule has 0 aliphatic carbocycles. The minimum absolute atomic E-state index is 0.0520. The zero-order valence-corrected chi connectivity index (χ0v) is 11.4. The van der Waals surface area contributed by atoms with Gasteiger partial charge < -0.3 is 5.11 Å². The Morgan fingerprint density at radius 2 is 2.00 bits per heavy atom. The molecule has 2 aromatic carbocycles. The van der Waals surface area contributed by atoms with Gasteiger partial charge in [0.05, 0.1) is 6.21 Å². The number of hydrogen-bond acceptors (Lipinski definition) is 3. The molecular formula is C16H16N2O2. The largest absolute Gasteiger partial charge is 0.508 e. The fraction of sp³-hybridized carbons (Fsp3) is 0.125. The standard InChI is InChI=1S/C16H16N2O2/c1-11-6-7-12(2)14(8-11)10-17-18-16(20)13-4-3-5-15(19)9-13/h3-10,19H,1-2H3,(H,18,20). The van der Waals surface area contributed by atoms with E-state index in [4.69, 9.17) is 0 Å². The van der Waals surface area contributed by atoms with Crippen molar-refractivity contribution in [2.45, 2.75) is 13.8 Å². The first-order valence-corrected chi connectivity index (χ1v) is 6.26. The topological polar surface area (TPSA) is 61.7 Å². The second-order valence-corrected chi connectivity index (χ2v) is 4.61. The molecule has 0 saturated carbocycles. The normalized spacial score (nSPS) is 10.7. The monoisotopic (exact) mass is 268 g/mol. The van der Waals surface area contributed by atoms with Gasteiger partial charge >= 0.3 is 0 Å². The molecule has 2 rings (SSSR count). The lowest BCUT2D eigenvalue weighted by atomic mass is 10.1. The van der Waals surface area contributed by atoms with Crippen LogP contribution in [0.4, 0.5) is 0 Å². The van der Waals surface area contributed by atoms with E-state index in [1.165, 1.54) is 12.1 Å². The Labute approximate surface area is 117 Å². The van der Waals surface area contributed by atoms with Crippen LogP contribution in [-0.2, 0) is 0 Å². The summed E-state index contributed by atoms with van der Waals surface area (Å²) < 4.78 is 0. The maximum absolute atomic E-state index is 11.8. The molecule has 102 valence electrons. The second kappa shape index (κ2) is 6.02. The molecule has 20 heavy (non-hydrogen) atoms. The number of carbonyl (C=O) groups excluding carboxylic acids is 1. The van der Waals surface area contributed by atoms with Crippen molar-refractivity contribution in [2.75, 3.05) is 0 Å². The van der Waals surface area contributed by atoms with Crippen LogP contribution in [0.5, 0.6) is 5.75 Å². The number of benzene rings is 2. The zero-order valence-electron chi connectivity index (χ0n) is 11.4. The lowest BCUT2D eigenvalue weighted by molar-refractivity contribution is 0.0954. The summed E-state index contributed by atoms with van der Waals surface area (Å²) in [6, 6.07) is 12.2. The van der Waals surface area contributed by atoms with Crippen LogP contribution in [-0.4, -0.2) is 17.2 Å². The molecule has 0 fully saturated rings. The number of phenolic OH excluding ortho intramolecular Hbond substituents is 1. The van der Waals surface area contributed by atoms with Gasteiger partial charge in [-0.2, -0.15) is 5.10 Å². The second-order valence-electron chi connectivity index (χ2n) is 4.61. The Bertz CT molecular complexity index is 663. The van der Waals surface area contributed by atoms with E-state index in [2.05, 4.69) is 10.5 Å². The first-order chi connectivity index (χ1) is 9.56. The average molecular weight is 268 g/mol. The lowest BCUT2D eigenvalue weighted by Gasteiger charge is -2.02. The van der Waals surface area contributed by atoms with Crippen LogP contribution in [0.25, 0.3) is 0 Å². The van der Waals surface area contributed by atoms with Crippen molar-refractivity contribution >= 4 is 12.1 Å². The fourth-order valence-corrected chi connectivity index (χ4v) is 1.77. The summed E-state index contributed by atoms with van der Waals surface area (Å²) in [4.78, 5) is 11.8. The number of nitrogens with zero attached hydrogens (tertiary/aromatic N) is 1. The van der Waals surface area contributed by atoms with Crippen molar-refractivity contribution < 1.29 is 9.90 Å². The van der Waals surface area contributed by atoms with Gasteiger partial charge in [-0.3, -0.25) is 4.79 Å². The van der Waals surface area contributed by atoms with Crippen molar-refractivity contribution in [1.29, 1.82) is 0 Å². The molecule has 0 spiro atoms. The first-order valence-electron chi connectivity index (χ1n) is 6.26. The maximum atomic E-state index is 11.8. The molecule has 0 saturated heterocycles. The minimum atomic E-state index is -0.359. The summed E-state index contributed by atoms with van der Waals surface area (Å²) in [7, 11) is 0. The summed E-state index contributed by atoms with van der Waals surface area (Å²) in [6.45, 7) is 3.99. The summed E-state index contributed by atoms with van der Waals surface area (Å²) >= 11 is 0. The van der Waals surface area contributed by atoms with Crippen molar-refractivity contribution in [3.8, 4) is 5.75 Å². The van der Waals surface area contributed by atoms with E-state index in [0.29, 0.717) is 5.56 Å². The number of hydrogen-bond donors (Lipinski definition) is 2. The van der Waals surface area contributed by atoms with Crippen LogP contribution in [0.1, 0.15) is 27.0 Å². The van der Waals surface area contributed by atoms with E-state index in [1.807, 2.05) is 32.0 Å². The van der Waals surface area contributed by atoms with E-state index < -0.39 is 0 Å². The van der Waals surface area contributed by atoms with E-state index >= 15 is 0 Å². The Morgan fingerprint density at radius 3 is 2.75 bits per heavy atom. The van der Waals surface area contributed by atoms with Gasteiger partial charge in [0.1, 0.15) is 5.75 Å². The fourth-order valence-electron chi connectivity index (χ4n) is 1.77. The van der Waals surface area contributed by atoms with Gasteiger partial charge in [0.2, 0.25) is 0 Å². The number of amides is 1. The Hall–Kier alpha value is -2.62. The molecule has 2 aromatic rings. The van der Waals surface area contributed by atoms with Gasteiger partial charge in [0.25, 0.3) is 5.91 Å². The van der Waals surface area contributed by atoms with E-state index in [1.54, 1.807) is 18.3 Å². The highest BCUT2D eigenvalue weighted by Crippen LogP contribution is 2.11. The highest BCUT2D eigenvalue weighted by atomic mass is 16.3. The number of hydrazone groups is 1. The molecule has 2 N–H and O–H groups in total. The first kappa shape index (κ1) is 13.8. The van der Waals surface area contributed by atoms with Gasteiger partial charge in [-0.05, 0) is 43.2 Å². The quantitative estimate of drug-likeness (QED) is 0.664. The number of aryl methyl sites for hydroxylation is 2. The molecule has 0 atom stereocenters. The van der Waals surface area contributed by atoms with Crippen molar-refractivity contribution in [3.63, 3.8) is 0 Å². The highest BCUT2D eigenvalue weighted by Gasteiger charge is 2.04. The molecular weight excluding hydrogens is 252 g/mol. The van der Waals surface area contributed by atoms with Crippen molar-refractivity contribution in [3.05, 3.63) is 64.7 Å². The van der Waals surface area contributed by atoms with Crippen LogP contribution in [0.3, 0.4) is 0 Å². The predicted molar refractivity (Wildman–Crippen MR) is 79.1 cm³/mol. The van der Waals surface area contributed by atoms with Gasteiger partial charge in [-0.25, -0.2) is 5.43 Å². The lowest BCUT2D eigenvalue weighted by Crippen LogP contribution is -2.17. The molecule has 4 nitrogen and oxygen atoms in total. The summed E-state index contributed by atoms with van der Waals surface area (Å²) in [5, 5.41) is 13.3. The highest BCUT2D eigenvalue weighted by molar-refractivity contribution is 5.95. The third-order valence-corrected chi connectivity index (χ3v) is 2.91. The maximum Gasteiger partial charge on any atom is 0.271 e. The van der Waals surface area contributed by atoms with Crippen LogP contribution < -0.4 is 5.43 Å². The van der Waals surface area contributed by atoms with E-state index in [0.717, 1.165) is 16.7 Å². The number of carbonyl (C=O) groups is 1. The van der Waals surface area contributed by atoms with Gasteiger partial charge in [-0.15, -0.1) is 0 Å². The molecule has 0 radical (unpaired) electrons. The summed E-state index contributed by atoms with van der Waals surface area (Å²) in [6.07, 6.45) is 1.61. The molecule has 0 heterocycles. The number of aromatic hydroxyl groups is 1. The number of rotatable bonds is 3. The predicted octanol–water partition coefficient (Wildman–Crippen LogP) is 2.77. The van der Waals surface area contributed by atoms with Gasteiger partial charge in [0.15, 0.2) is 0 Å². The van der Waals surface area contributed by atoms with Crippen LogP contribution in [0.2, 0.25) is 0 Å². The van der Waals surface area contributed by atoms with Crippen molar-refractivity contribution in [2.24, 2.45) is 5.10 Å². The molecule has 0 unspecified atom stereocenters. The van der Waals surface area contributed by atoms with Crippen LogP contribution in [0.15, 0.2) is 47.6 Å². The Morgan fingerprint density at radius 1 is 1.20 bits per heavy atom. The minimum Gasteiger partial charge on any atom is -0.508 e. The Kier molecular flexibility index (Phi) is 4.15. The van der Waals surface area contributed by atoms with Crippen molar-refractivity contribution in [1.82, 2.24) is 5.43 Å². The van der Waals surface area contributed by atoms with Crippen LogP contribution >= 0.6 is 0 Å². The van der Waals surface area contributed by atoms with E-state index in [9.17, 15) is 9.90 Å². The molecule has 0 bridgehead atoms. The molecule has 0 aliphatic heterocycles. The molecule has 4 heteroatoms. The molecule has 0 aromatic heterocycles. The molecule has 0 aliphatic rings. The summed E-state index contributed by atoms with van der Waals surface area (Å²) in [5.74, 6) is -0.307. The number of nitrogens with one attached hydrogen (secondary N) is 1. The van der Waals surface area contributed by atoms with Gasteiger partial charge in [-0.1, -0.05) is 29.8 Å². The SMILES string of the molecule is Cc1ccc(C)c(C=NNC(=O)c2cccc(O)c2)c1. The average Bonchev–Trinajstić information content (AvgIpc) is 2.42. The zero-order chi connectivity index (χ0) is 14.5. The third-order valence-electron chi connectivity index (χ3n) is 2.91. The summed E-state index contributed by atoms with van der Waals surface area (Å²) in [5.41, 5.74) is 5.99. The van der Waals surface area contributed by atoms with E-state index in [-0.39, 0.29) is 11.7 Å². The third kappa shape index (κ3) is 3.45. The van der Waals surface area contributed by atoms with Crippen LogP contribution in [0, 0.1) is 13.8 Å².